The Morgan fingerprint density at radius 2 is 2.40 bits per heavy atom. The van der Waals surface area contributed by atoms with Gasteiger partial charge in [-0.25, -0.2) is 4.79 Å². The van der Waals surface area contributed by atoms with E-state index in [1.807, 2.05) is 17.5 Å². The number of nitrogen functional groups attached to an aromatic ring is 1. The van der Waals surface area contributed by atoms with E-state index in [0.29, 0.717) is 16.4 Å². The minimum atomic E-state index is -0.529. The molecule has 104 valence electrons. The van der Waals surface area contributed by atoms with E-state index in [4.69, 9.17) is 15.7 Å². The van der Waals surface area contributed by atoms with E-state index in [1.165, 1.54) is 23.3 Å². The predicted molar refractivity (Wildman–Crippen MR) is 81.3 cm³/mol. The first-order valence-corrected chi connectivity index (χ1v) is 7.54. The van der Waals surface area contributed by atoms with Crippen LogP contribution in [0.15, 0.2) is 17.5 Å². The van der Waals surface area contributed by atoms with E-state index in [-0.39, 0.29) is 11.3 Å². The number of ether oxygens (including phenoxy) is 1. The quantitative estimate of drug-likeness (QED) is 0.829. The molecule has 2 aromatic heterocycles. The molecular formula is C13H13N3O2S2. The third kappa shape index (κ3) is 2.92. The Hall–Kier alpha value is -2.04. The van der Waals surface area contributed by atoms with Crippen molar-refractivity contribution in [2.24, 2.45) is 0 Å². The third-order valence-electron chi connectivity index (χ3n) is 2.67. The Morgan fingerprint density at radius 3 is 3.00 bits per heavy atom. The topological polar surface area (TPSA) is 88.1 Å². The first-order valence-electron chi connectivity index (χ1n) is 5.84. The fourth-order valence-electron chi connectivity index (χ4n) is 1.71. The van der Waals surface area contributed by atoms with Crippen LogP contribution in [0.4, 0.5) is 10.7 Å². The lowest BCUT2D eigenvalue weighted by atomic mass is 10.2. The Morgan fingerprint density at radius 1 is 1.60 bits per heavy atom. The number of anilines is 2. The zero-order chi connectivity index (χ0) is 14.5. The third-order valence-corrected chi connectivity index (χ3v) is 4.68. The van der Waals surface area contributed by atoms with Crippen LogP contribution in [0.5, 0.6) is 0 Å². The Balaban J connectivity index is 2.14. The van der Waals surface area contributed by atoms with Crippen molar-refractivity contribution in [3.63, 3.8) is 0 Å². The van der Waals surface area contributed by atoms with Crippen molar-refractivity contribution < 1.29 is 9.53 Å². The molecule has 0 fully saturated rings. The van der Waals surface area contributed by atoms with E-state index in [2.05, 4.69) is 11.4 Å². The molecule has 3 N–H and O–H groups in total. The fourth-order valence-corrected chi connectivity index (χ4v) is 3.35. The van der Waals surface area contributed by atoms with Crippen LogP contribution >= 0.6 is 22.7 Å². The van der Waals surface area contributed by atoms with Gasteiger partial charge in [-0.3, -0.25) is 0 Å². The fraction of sp³-hybridized carbons (Fsp3) is 0.231. The SMILES string of the molecule is COC(=O)c1c(NCCc2cccs2)sc(C#N)c1N. The number of methoxy groups -OCH3 is 1. The van der Waals surface area contributed by atoms with Gasteiger partial charge in [-0.05, 0) is 17.9 Å². The minimum Gasteiger partial charge on any atom is -0.465 e. The van der Waals surface area contributed by atoms with Gasteiger partial charge in [0.05, 0.1) is 12.8 Å². The number of carbonyl (C=O) groups excluding carboxylic acids is 1. The normalized spacial score (nSPS) is 10.0. The predicted octanol–water partition coefficient (Wildman–Crippen LogP) is 2.70. The molecule has 0 aliphatic carbocycles. The Labute approximate surface area is 124 Å². The molecule has 0 saturated heterocycles. The summed E-state index contributed by atoms with van der Waals surface area (Å²) in [5.41, 5.74) is 6.24. The van der Waals surface area contributed by atoms with Gasteiger partial charge in [0.15, 0.2) is 0 Å². The molecule has 20 heavy (non-hydrogen) atoms. The van der Waals surface area contributed by atoms with Gasteiger partial charge in [0.2, 0.25) is 0 Å². The molecule has 0 atom stereocenters. The van der Waals surface area contributed by atoms with Crippen LogP contribution in [-0.2, 0) is 11.2 Å². The second-order valence-electron chi connectivity index (χ2n) is 3.91. The van der Waals surface area contributed by atoms with Crippen LogP contribution in [0.25, 0.3) is 0 Å². The summed E-state index contributed by atoms with van der Waals surface area (Å²) < 4.78 is 4.71. The molecule has 0 aliphatic heterocycles. The largest absolute Gasteiger partial charge is 0.465 e. The summed E-state index contributed by atoms with van der Waals surface area (Å²) in [6, 6.07) is 6.04. The summed E-state index contributed by atoms with van der Waals surface area (Å²) in [6.45, 7) is 0.662. The highest BCUT2D eigenvalue weighted by Crippen LogP contribution is 2.35. The molecule has 0 aliphatic rings. The van der Waals surface area contributed by atoms with Crippen molar-refractivity contribution in [3.05, 3.63) is 32.8 Å². The van der Waals surface area contributed by atoms with Crippen molar-refractivity contribution >= 4 is 39.3 Å². The number of nitrogens with two attached hydrogens (primary N) is 1. The summed E-state index contributed by atoms with van der Waals surface area (Å²) in [5.74, 6) is -0.529. The number of rotatable bonds is 5. The maximum absolute atomic E-state index is 11.7. The molecule has 0 bridgehead atoms. The van der Waals surface area contributed by atoms with Crippen LogP contribution in [0.1, 0.15) is 20.1 Å². The van der Waals surface area contributed by atoms with Crippen molar-refractivity contribution in [1.29, 1.82) is 5.26 Å². The number of nitrogens with zero attached hydrogens (tertiary/aromatic N) is 1. The molecule has 2 heterocycles. The number of esters is 1. The lowest BCUT2D eigenvalue weighted by Crippen LogP contribution is -2.09. The highest BCUT2D eigenvalue weighted by Gasteiger charge is 2.22. The number of hydrogen-bond acceptors (Lipinski definition) is 7. The minimum absolute atomic E-state index is 0.183. The Bertz CT molecular complexity index is 641. The van der Waals surface area contributed by atoms with E-state index < -0.39 is 5.97 Å². The summed E-state index contributed by atoms with van der Waals surface area (Å²) in [6.07, 6.45) is 0.845. The number of carbonyl (C=O) groups is 1. The monoisotopic (exact) mass is 307 g/mol. The molecule has 0 amide bonds. The average Bonchev–Trinajstić information content (AvgIpc) is 3.06. The molecule has 5 nitrogen and oxygen atoms in total. The molecule has 0 spiro atoms. The maximum Gasteiger partial charge on any atom is 0.343 e. The van der Waals surface area contributed by atoms with Crippen LogP contribution in [-0.4, -0.2) is 19.6 Å². The second-order valence-corrected chi connectivity index (χ2v) is 5.96. The molecule has 0 saturated carbocycles. The van der Waals surface area contributed by atoms with Gasteiger partial charge in [-0.1, -0.05) is 6.07 Å². The van der Waals surface area contributed by atoms with Crippen molar-refractivity contribution in [3.8, 4) is 6.07 Å². The number of nitriles is 1. The van der Waals surface area contributed by atoms with Crippen LogP contribution in [0.3, 0.4) is 0 Å². The van der Waals surface area contributed by atoms with Gasteiger partial charge in [0.25, 0.3) is 0 Å². The van der Waals surface area contributed by atoms with Crippen molar-refractivity contribution in [2.75, 3.05) is 24.7 Å². The number of nitrogens with one attached hydrogen (secondary N) is 1. The molecule has 2 rings (SSSR count). The summed E-state index contributed by atoms with van der Waals surface area (Å²) >= 11 is 2.85. The van der Waals surface area contributed by atoms with Gasteiger partial charge >= 0.3 is 5.97 Å². The summed E-state index contributed by atoms with van der Waals surface area (Å²) in [7, 11) is 1.29. The summed E-state index contributed by atoms with van der Waals surface area (Å²) in [5, 5.41) is 14.7. The van der Waals surface area contributed by atoms with E-state index in [9.17, 15) is 4.79 Å². The van der Waals surface area contributed by atoms with E-state index in [1.54, 1.807) is 11.3 Å². The van der Waals surface area contributed by atoms with E-state index in [0.717, 1.165) is 6.42 Å². The number of hydrogen-bond donors (Lipinski definition) is 2. The van der Waals surface area contributed by atoms with Gasteiger partial charge in [-0.15, -0.1) is 22.7 Å². The summed E-state index contributed by atoms with van der Waals surface area (Å²) in [4.78, 5) is 13.3. The first kappa shape index (κ1) is 14.4. The molecular weight excluding hydrogens is 294 g/mol. The van der Waals surface area contributed by atoms with Gasteiger partial charge in [0.1, 0.15) is 21.5 Å². The van der Waals surface area contributed by atoms with E-state index >= 15 is 0 Å². The van der Waals surface area contributed by atoms with Crippen LogP contribution in [0, 0.1) is 11.3 Å². The lowest BCUT2D eigenvalue weighted by molar-refractivity contribution is 0.0603. The first-order chi connectivity index (χ1) is 9.67. The van der Waals surface area contributed by atoms with Gasteiger partial charge < -0.3 is 15.8 Å². The molecule has 7 heteroatoms. The highest BCUT2D eigenvalue weighted by molar-refractivity contribution is 7.17. The standard InChI is InChI=1S/C13H13N3O2S2/c1-18-13(17)10-11(15)9(7-14)20-12(10)16-5-4-8-3-2-6-19-8/h2-3,6,16H,4-5,15H2,1H3. The molecule has 0 aromatic carbocycles. The number of thiophene rings is 2. The van der Waals surface area contributed by atoms with Crippen molar-refractivity contribution in [1.82, 2.24) is 0 Å². The molecule has 2 aromatic rings. The van der Waals surface area contributed by atoms with Gasteiger partial charge in [-0.2, -0.15) is 5.26 Å². The second kappa shape index (κ2) is 6.41. The Kier molecular flexibility index (Phi) is 4.61. The average molecular weight is 307 g/mol. The zero-order valence-corrected chi connectivity index (χ0v) is 12.4. The van der Waals surface area contributed by atoms with Crippen LogP contribution < -0.4 is 11.1 Å². The van der Waals surface area contributed by atoms with Crippen molar-refractivity contribution in [2.45, 2.75) is 6.42 Å². The highest BCUT2D eigenvalue weighted by atomic mass is 32.1. The zero-order valence-electron chi connectivity index (χ0n) is 10.8. The smallest absolute Gasteiger partial charge is 0.343 e. The molecule has 0 unspecified atom stereocenters. The molecule has 0 radical (unpaired) electrons. The van der Waals surface area contributed by atoms with Crippen LogP contribution in [0.2, 0.25) is 0 Å². The van der Waals surface area contributed by atoms with Gasteiger partial charge in [0, 0.05) is 11.4 Å². The maximum atomic E-state index is 11.7. The lowest BCUT2D eigenvalue weighted by Gasteiger charge is -2.06.